The third kappa shape index (κ3) is 5.12. The molecule has 0 saturated heterocycles. The number of furan rings is 2. The Morgan fingerprint density at radius 1 is 0.368 bits per heavy atom. The standard InChI is InChI=1S/C51H29N3O2S/c1-3-12-30(13-4-1)49-52-50(31-14-5-2-6-15-31)54-51(53-49)33-22-24-35-40-28-32(23-27-44(40)57-45(35)29-33)34-25-26-37(47-39-17-8-10-20-42(39)56-48(34)47)36-18-11-21-43-46(36)38-16-7-9-19-41(38)55-43/h1-29H/i1D,2D,3D,4D,5D,6D,7D,8D,9D,10D,11D,12D,13D,14D,15D,16D,17D,18D,19D,20D,21D,22D,23D,24D,25D,26D,27D,28D,29D. The summed E-state index contributed by atoms with van der Waals surface area (Å²) in [5.41, 5.74) is -6.93. The van der Waals surface area contributed by atoms with Crippen LogP contribution in [0.2, 0.25) is 0 Å². The van der Waals surface area contributed by atoms with Gasteiger partial charge in [0.05, 0.1) is 39.8 Å². The number of nitrogens with zero attached hydrogens (tertiary/aromatic N) is 3. The van der Waals surface area contributed by atoms with Crippen molar-refractivity contribution in [2.24, 2.45) is 0 Å². The molecule has 0 fully saturated rings. The number of rotatable bonds is 5. The van der Waals surface area contributed by atoms with E-state index in [0.717, 1.165) is 0 Å². The van der Waals surface area contributed by atoms with Gasteiger partial charge in [-0.15, -0.1) is 11.3 Å². The predicted octanol–water partition coefficient (Wildman–Crippen LogP) is 14.4. The Balaban J connectivity index is 1.19. The van der Waals surface area contributed by atoms with Gasteiger partial charge in [0, 0.05) is 64.0 Å². The molecule has 8 aromatic carbocycles. The Morgan fingerprint density at radius 3 is 1.68 bits per heavy atom. The second-order valence-electron chi connectivity index (χ2n) is 12.1. The van der Waals surface area contributed by atoms with Gasteiger partial charge in [-0.25, -0.2) is 15.0 Å². The molecule has 6 heteroatoms. The van der Waals surface area contributed by atoms with Crippen LogP contribution in [0.3, 0.4) is 0 Å². The number of fused-ring (bicyclic) bond motifs is 9. The van der Waals surface area contributed by atoms with Gasteiger partial charge < -0.3 is 8.83 Å². The van der Waals surface area contributed by atoms with Gasteiger partial charge in [0.2, 0.25) is 0 Å². The molecule has 57 heavy (non-hydrogen) atoms. The monoisotopic (exact) mass is 776 g/mol. The Hall–Kier alpha value is -7.41. The van der Waals surface area contributed by atoms with Gasteiger partial charge >= 0.3 is 0 Å². The lowest BCUT2D eigenvalue weighted by atomic mass is 9.92. The molecule has 0 amide bonds. The number of thiophene rings is 1. The highest BCUT2D eigenvalue weighted by atomic mass is 32.1. The third-order valence-electron chi connectivity index (χ3n) is 8.89. The number of hydrogen-bond donors (Lipinski definition) is 0. The first-order chi connectivity index (χ1) is 40.3. The molecule has 0 saturated carbocycles. The summed E-state index contributed by atoms with van der Waals surface area (Å²) in [6.45, 7) is 0. The zero-order valence-corrected chi connectivity index (χ0v) is 28.9. The second kappa shape index (κ2) is 12.6. The molecule has 0 spiro atoms. The Labute approximate surface area is 370 Å². The topological polar surface area (TPSA) is 65.0 Å². The highest BCUT2D eigenvalue weighted by molar-refractivity contribution is 7.25. The summed E-state index contributed by atoms with van der Waals surface area (Å²) in [5, 5.41) is -2.65. The van der Waals surface area contributed by atoms with Crippen molar-refractivity contribution in [3.63, 3.8) is 0 Å². The smallest absolute Gasteiger partial charge is 0.164 e. The van der Waals surface area contributed by atoms with Crippen molar-refractivity contribution in [1.82, 2.24) is 15.0 Å². The van der Waals surface area contributed by atoms with Crippen LogP contribution in [0.1, 0.15) is 39.8 Å². The predicted molar refractivity (Wildman–Crippen MR) is 234 cm³/mol. The van der Waals surface area contributed by atoms with E-state index >= 15 is 0 Å². The maximum absolute atomic E-state index is 9.91. The van der Waals surface area contributed by atoms with Crippen LogP contribution in [0.15, 0.2) is 184 Å². The van der Waals surface area contributed by atoms with Crippen LogP contribution < -0.4 is 0 Å². The molecule has 0 aliphatic rings. The molecule has 0 bridgehead atoms. The van der Waals surface area contributed by atoms with Gasteiger partial charge in [-0.2, -0.15) is 0 Å². The van der Waals surface area contributed by atoms with E-state index in [4.69, 9.17) is 34.9 Å². The van der Waals surface area contributed by atoms with Gasteiger partial charge in [-0.3, -0.25) is 0 Å². The molecular formula is C51H29N3O2S. The lowest BCUT2D eigenvalue weighted by molar-refractivity contribution is 0.668. The van der Waals surface area contributed by atoms with Crippen LogP contribution in [0.4, 0.5) is 0 Å². The summed E-state index contributed by atoms with van der Waals surface area (Å²) in [6, 6.07) is -24.1. The first-order valence-electron chi connectivity index (χ1n) is 31.1. The van der Waals surface area contributed by atoms with Crippen molar-refractivity contribution < 1.29 is 48.6 Å². The summed E-state index contributed by atoms with van der Waals surface area (Å²) in [4.78, 5) is 12.9. The van der Waals surface area contributed by atoms with Crippen LogP contribution in [0, 0.1) is 0 Å². The third-order valence-corrected chi connectivity index (χ3v) is 9.91. The van der Waals surface area contributed by atoms with Crippen LogP contribution in [-0.2, 0) is 0 Å². The molecule has 12 rings (SSSR count). The fourth-order valence-corrected chi connectivity index (χ4v) is 7.42. The lowest BCUT2D eigenvalue weighted by Crippen LogP contribution is -1.99. The first-order valence-corrected chi connectivity index (χ1v) is 17.4. The maximum atomic E-state index is 9.91. The zero-order chi connectivity index (χ0) is 62.7. The highest BCUT2D eigenvalue weighted by Crippen LogP contribution is 2.46. The first kappa shape index (κ1) is 14.6. The van der Waals surface area contributed by atoms with Crippen LogP contribution >= 0.6 is 11.3 Å². The molecule has 5 nitrogen and oxygen atoms in total. The normalized spacial score (nSPS) is 19.0. The molecular weight excluding hydrogens is 719 g/mol. The van der Waals surface area contributed by atoms with Gasteiger partial charge in [0.1, 0.15) is 22.3 Å². The van der Waals surface area contributed by atoms with Crippen LogP contribution in [0.25, 0.3) is 120 Å². The number of para-hydroxylation sites is 2. The Morgan fingerprint density at radius 2 is 0.947 bits per heavy atom. The maximum Gasteiger partial charge on any atom is 0.164 e. The highest BCUT2D eigenvalue weighted by Gasteiger charge is 2.21. The van der Waals surface area contributed by atoms with Gasteiger partial charge in [-0.05, 0) is 59.0 Å². The zero-order valence-electron chi connectivity index (χ0n) is 57.1. The van der Waals surface area contributed by atoms with Crippen LogP contribution in [0.5, 0.6) is 0 Å². The summed E-state index contributed by atoms with van der Waals surface area (Å²) in [5.74, 6) is -2.25. The summed E-state index contributed by atoms with van der Waals surface area (Å²) < 4.78 is 270. The number of benzene rings is 8. The average Bonchev–Trinajstić information content (AvgIpc) is 1.51. The van der Waals surface area contributed by atoms with Crippen molar-refractivity contribution in [3.8, 4) is 56.4 Å². The van der Waals surface area contributed by atoms with E-state index in [1.807, 2.05) is 0 Å². The minimum atomic E-state index is -0.971. The molecule has 0 N–H and O–H groups in total. The van der Waals surface area contributed by atoms with Crippen molar-refractivity contribution in [1.29, 1.82) is 0 Å². The fraction of sp³-hybridized carbons (Fsp3) is 0. The van der Waals surface area contributed by atoms with E-state index in [9.17, 15) is 13.7 Å². The number of aromatic nitrogens is 3. The van der Waals surface area contributed by atoms with E-state index in [1.165, 1.54) is 0 Å². The Kier molecular flexibility index (Phi) is 3.22. The average molecular weight is 777 g/mol. The minimum absolute atomic E-state index is 0.265. The molecule has 0 unspecified atom stereocenters. The SMILES string of the molecule is [2H]c1c([2H])c([2H])c(-c2nc(-c3c([2H])c([2H])c([2H])c([2H])c3[2H])nc(-c3c([2H])c([2H])c4c(sc5c([2H])c([2H])c(-c6c([2H])c([2H])c(-c7c([2H])c([2H])c([2H])c8oc9c([2H])c([2H])c([2H])c([2H])c9c78)c7c6oc6c([2H])c([2H])c([2H])c([2H])c67)c([2H])c54)c3[2H])n2)c([2H])c1[2H]. The number of hydrogen-bond acceptors (Lipinski definition) is 6. The summed E-state index contributed by atoms with van der Waals surface area (Å²) in [6.07, 6.45) is 0. The quantitative estimate of drug-likeness (QED) is 0.174. The van der Waals surface area contributed by atoms with E-state index in [2.05, 4.69) is 15.0 Å². The van der Waals surface area contributed by atoms with Crippen molar-refractivity contribution in [2.75, 3.05) is 0 Å². The van der Waals surface area contributed by atoms with E-state index in [1.54, 1.807) is 0 Å². The van der Waals surface area contributed by atoms with Crippen molar-refractivity contribution >= 4 is 75.4 Å². The van der Waals surface area contributed by atoms with Gasteiger partial charge in [0.25, 0.3) is 0 Å². The molecule has 266 valence electrons. The molecule has 0 radical (unpaired) electrons. The largest absolute Gasteiger partial charge is 0.456 e. The molecule has 0 aliphatic carbocycles. The fourth-order valence-electron chi connectivity index (χ4n) is 6.45. The van der Waals surface area contributed by atoms with Crippen molar-refractivity contribution in [2.45, 2.75) is 0 Å². The van der Waals surface area contributed by atoms with E-state index < -0.39 is 281 Å². The van der Waals surface area contributed by atoms with Gasteiger partial charge in [-0.1, -0.05) is 133 Å². The van der Waals surface area contributed by atoms with E-state index in [-0.39, 0.29) is 14.8 Å². The molecule has 0 aliphatic heterocycles. The molecule has 12 aromatic rings. The van der Waals surface area contributed by atoms with Crippen molar-refractivity contribution in [3.05, 3.63) is 175 Å². The van der Waals surface area contributed by atoms with E-state index in [0.29, 0.717) is 11.3 Å². The minimum Gasteiger partial charge on any atom is -0.456 e. The molecule has 4 aromatic heterocycles. The molecule has 4 heterocycles. The summed E-state index contributed by atoms with van der Waals surface area (Å²) in [7, 11) is 0. The Bertz CT molecular complexity index is 5100. The second-order valence-corrected chi connectivity index (χ2v) is 13.1. The van der Waals surface area contributed by atoms with Gasteiger partial charge in [0.15, 0.2) is 17.5 Å². The molecule has 0 atom stereocenters. The van der Waals surface area contributed by atoms with Crippen LogP contribution in [-0.4, -0.2) is 15.0 Å². The lowest BCUT2D eigenvalue weighted by Gasteiger charge is -2.10. The summed E-state index contributed by atoms with van der Waals surface area (Å²) >= 11 is 0.568.